The van der Waals surface area contributed by atoms with E-state index in [1.54, 1.807) is 13.2 Å². The van der Waals surface area contributed by atoms with Gasteiger partial charge < -0.3 is 19.7 Å². The Labute approximate surface area is 124 Å². The zero-order chi connectivity index (χ0) is 15.1. The minimum absolute atomic E-state index is 0.179. The van der Waals surface area contributed by atoms with Crippen molar-refractivity contribution < 1.29 is 14.6 Å². The van der Waals surface area contributed by atoms with Crippen LogP contribution in [-0.4, -0.2) is 35.8 Å². The normalized spacial score (nSPS) is 12.1. The fourth-order valence-corrected chi connectivity index (χ4v) is 2.08. The van der Waals surface area contributed by atoms with Crippen LogP contribution >= 0.6 is 0 Å². The maximum absolute atomic E-state index is 12.1. The van der Waals surface area contributed by atoms with Crippen LogP contribution in [0, 0.1) is 0 Å². The number of carbonyl (C=O) groups excluding carboxylic acids is 1. The van der Waals surface area contributed by atoms with Crippen LogP contribution in [0.15, 0.2) is 48.7 Å². The molecule has 0 saturated carbocycles. The van der Waals surface area contributed by atoms with E-state index in [-0.39, 0.29) is 12.5 Å². The van der Waals surface area contributed by atoms with E-state index in [1.165, 1.54) is 0 Å². The molecular weight excluding hydrogens is 268 g/mol. The van der Waals surface area contributed by atoms with Crippen molar-refractivity contribution in [2.45, 2.75) is 12.6 Å². The van der Waals surface area contributed by atoms with E-state index in [0.29, 0.717) is 18.8 Å². The average molecular weight is 288 g/mol. The number of methoxy groups -OCH3 is 1. The standard InChI is InChI=1S/C16H20N2O3/c1-21-11-10-18-9-5-8-14(18)16(20)17-12-15(19)13-6-3-2-4-7-13/h2-9,15,19H,10-12H2,1H3,(H,17,20). The topological polar surface area (TPSA) is 63.5 Å². The van der Waals surface area contributed by atoms with Crippen LogP contribution in [-0.2, 0) is 11.3 Å². The first kappa shape index (κ1) is 15.3. The highest BCUT2D eigenvalue weighted by Gasteiger charge is 2.13. The maximum Gasteiger partial charge on any atom is 0.268 e. The zero-order valence-electron chi connectivity index (χ0n) is 12.0. The van der Waals surface area contributed by atoms with Crippen molar-refractivity contribution >= 4 is 5.91 Å². The summed E-state index contributed by atoms with van der Waals surface area (Å²) in [4.78, 5) is 12.1. The molecule has 5 heteroatoms. The molecular formula is C16H20N2O3. The summed E-state index contributed by atoms with van der Waals surface area (Å²) in [6.07, 6.45) is 1.12. The van der Waals surface area contributed by atoms with Crippen LogP contribution in [0.25, 0.3) is 0 Å². The third kappa shape index (κ3) is 4.18. The number of aliphatic hydroxyl groups excluding tert-OH is 1. The number of amides is 1. The minimum atomic E-state index is -0.711. The average Bonchev–Trinajstić information content (AvgIpc) is 2.99. The Morgan fingerprint density at radius 1 is 1.29 bits per heavy atom. The Morgan fingerprint density at radius 2 is 2.05 bits per heavy atom. The largest absolute Gasteiger partial charge is 0.387 e. The van der Waals surface area contributed by atoms with Crippen LogP contribution in [0.5, 0.6) is 0 Å². The molecule has 1 atom stereocenters. The van der Waals surface area contributed by atoms with E-state index in [0.717, 1.165) is 5.56 Å². The van der Waals surface area contributed by atoms with Crippen molar-refractivity contribution in [1.82, 2.24) is 9.88 Å². The molecule has 0 aliphatic heterocycles. The molecule has 5 nitrogen and oxygen atoms in total. The van der Waals surface area contributed by atoms with Gasteiger partial charge in [0.25, 0.3) is 5.91 Å². The number of aromatic nitrogens is 1. The molecule has 0 saturated heterocycles. The van der Waals surface area contributed by atoms with Gasteiger partial charge in [0, 0.05) is 26.4 Å². The quantitative estimate of drug-likeness (QED) is 0.813. The number of ether oxygens (including phenoxy) is 1. The zero-order valence-corrected chi connectivity index (χ0v) is 12.0. The molecule has 0 aliphatic carbocycles. The smallest absolute Gasteiger partial charge is 0.268 e. The van der Waals surface area contributed by atoms with Gasteiger partial charge in [-0.2, -0.15) is 0 Å². The first-order chi connectivity index (χ1) is 10.2. The number of nitrogens with one attached hydrogen (secondary N) is 1. The summed E-state index contributed by atoms with van der Waals surface area (Å²) in [6.45, 7) is 1.34. The fraction of sp³-hybridized carbons (Fsp3) is 0.312. The van der Waals surface area contributed by atoms with Crippen LogP contribution < -0.4 is 5.32 Å². The molecule has 0 radical (unpaired) electrons. The van der Waals surface area contributed by atoms with E-state index in [9.17, 15) is 9.90 Å². The molecule has 0 bridgehead atoms. The van der Waals surface area contributed by atoms with E-state index < -0.39 is 6.10 Å². The Hall–Kier alpha value is -2.11. The molecule has 0 fully saturated rings. The van der Waals surface area contributed by atoms with Crippen LogP contribution in [0.2, 0.25) is 0 Å². The van der Waals surface area contributed by atoms with E-state index >= 15 is 0 Å². The summed E-state index contributed by atoms with van der Waals surface area (Å²) in [5.41, 5.74) is 1.35. The number of rotatable bonds is 7. The summed E-state index contributed by atoms with van der Waals surface area (Å²) in [7, 11) is 1.62. The summed E-state index contributed by atoms with van der Waals surface area (Å²) < 4.78 is 6.84. The Bertz CT molecular complexity index is 566. The van der Waals surface area contributed by atoms with Gasteiger partial charge in [-0.05, 0) is 17.7 Å². The number of carbonyl (C=O) groups is 1. The van der Waals surface area contributed by atoms with Crippen molar-refractivity contribution in [2.75, 3.05) is 20.3 Å². The Morgan fingerprint density at radius 3 is 2.76 bits per heavy atom. The lowest BCUT2D eigenvalue weighted by atomic mass is 10.1. The SMILES string of the molecule is COCCn1cccc1C(=O)NCC(O)c1ccccc1. The molecule has 1 amide bonds. The highest BCUT2D eigenvalue weighted by Crippen LogP contribution is 2.11. The molecule has 2 aromatic rings. The summed E-state index contributed by atoms with van der Waals surface area (Å²) in [5.74, 6) is -0.203. The third-order valence-corrected chi connectivity index (χ3v) is 3.24. The van der Waals surface area contributed by atoms with Gasteiger partial charge in [0.15, 0.2) is 0 Å². The second-order valence-corrected chi connectivity index (χ2v) is 4.72. The lowest BCUT2D eigenvalue weighted by Gasteiger charge is -2.13. The van der Waals surface area contributed by atoms with Crippen LogP contribution in [0.4, 0.5) is 0 Å². The van der Waals surface area contributed by atoms with Gasteiger partial charge in [-0.3, -0.25) is 4.79 Å². The first-order valence-corrected chi connectivity index (χ1v) is 6.87. The third-order valence-electron chi connectivity index (χ3n) is 3.24. The number of hydrogen-bond donors (Lipinski definition) is 2. The molecule has 2 N–H and O–H groups in total. The van der Waals surface area contributed by atoms with E-state index in [2.05, 4.69) is 5.32 Å². The first-order valence-electron chi connectivity index (χ1n) is 6.87. The van der Waals surface area contributed by atoms with E-state index in [4.69, 9.17) is 4.74 Å². The van der Waals surface area contributed by atoms with Gasteiger partial charge >= 0.3 is 0 Å². The van der Waals surface area contributed by atoms with Crippen molar-refractivity contribution in [3.63, 3.8) is 0 Å². The van der Waals surface area contributed by atoms with Crippen LogP contribution in [0.1, 0.15) is 22.2 Å². The Kier molecular flexibility index (Phi) is 5.54. The molecule has 1 unspecified atom stereocenters. The molecule has 1 aromatic carbocycles. The van der Waals surface area contributed by atoms with Crippen molar-refractivity contribution in [3.05, 3.63) is 59.9 Å². The van der Waals surface area contributed by atoms with Gasteiger partial charge in [0.2, 0.25) is 0 Å². The summed E-state index contributed by atoms with van der Waals surface area (Å²) in [6, 6.07) is 12.8. The second kappa shape index (κ2) is 7.61. The highest BCUT2D eigenvalue weighted by atomic mass is 16.5. The molecule has 0 aliphatic rings. The number of hydrogen-bond acceptors (Lipinski definition) is 3. The molecule has 1 aromatic heterocycles. The Balaban J connectivity index is 1.91. The van der Waals surface area contributed by atoms with Crippen molar-refractivity contribution in [1.29, 1.82) is 0 Å². The summed E-state index contributed by atoms with van der Waals surface area (Å²) >= 11 is 0. The van der Waals surface area contributed by atoms with Gasteiger partial charge in [-0.25, -0.2) is 0 Å². The predicted octanol–water partition coefficient (Wildman–Crippen LogP) is 1.60. The minimum Gasteiger partial charge on any atom is -0.387 e. The number of benzene rings is 1. The lowest BCUT2D eigenvalue weighted by Crippen LogP contribution is -2.30. The fourth-order valence-electron chi connectivity index (χ4n) is 2.08. The van der Waals surface area contributed by atoms with E-state index in [1.807, 2.05) is 47.2 Å². The monoisotopic (exact) mass is 288 g/mol. The molecule has 0 spiro atoms. The van der Waals surface area contributed by atoms with Crippen molar-refractivity contribution in [3.8, 4) is 0 Å². The molecule has 112 valence electrons. The van der Waals surface area contributed by atoms with Crippen LogP contribution in [0.3, 0.4) is 0 Å². The maximum atomic E-state index is 12.1. The van der Waals surface area contributed by atoms with Crippen molar-refractivity contribution in [2.24, 2.45) is 0 Å². The van der Waals surface area contributed by atoms with Gasteiger partial charge in [0.1, 0.15) is 5.69 Å². The number of nitrogens with zero attached hydrogens (tertiary/aromatic N) is 1. The number of aliphatic hydroxyl groups is 1. The molecule has 1 heterocycles. The second-order valence-electron chi connectivity index (χ2n) is 4.72. The predicted molar refractivity (Wildman–Crippen MR) is 80.0 cm³/mol. The van der Waals surface area contributed by atoms with Gasteiger partial charge in [-0.15, -0.1) is 0 Å². The lowest BCUT2D eigenvalue weighted by molar-refractivity contribution is 0.0904. The highest BCUT2D eigenvalue weighted by molar-refractivity contribution is 5.92. The molecule has 21 heavy (non-hydrogen) atoms. The van der Waals surface area contributed by atoms with Gasteiger partial charge in [-0.1, -0.05) is 30.3 Å². The summed E-state index contributed by atoms with van der Waals surface area (Å²) in [5, 5.41) is 12.8. The van der Waals surface area contributed by atoms with Gasteiger partial charge in [0.05, 0.1) is 12.7 Å². The molecule has 2 rings (SSSR count).